The Kier molecular flexibility index (Phi) is 5.36. The van der Waals surface area contributed by atoms with Crippen LogP contribution < -0.4 is 0 Å². The Labute approximate surface area is 121 Å². The fourth-order valence-corrected chi connectivity index (χ4v) is 2.62. The average Bonchev–Trinajstić information content (AvgIpc) is 2.97. The van der Waals surface area contributed by atoms with Crippen LogP contribution in [-0.4, -0.2) is 48.4 Å². The Morgan fingerprint density at radius 1 is 1.40 bits per heavy atom. The SMILES string of the molecule is CCC(=O)N1CCC(N(C)C/C=C/c2ccccc2)C1. The summed E-state index contributed by atoms with van der Waals surface area (Å²) in [5, 5.41) is 0. The van der Waals surface area contributed by atoms with Crippen molar-refractivity contribution in [2.45, 2.75) is 25.8 Å². The normalized spacial score (nSPS) is 19.1. The zero-order valence-corrected chi connectivity index (χ0v) is 12.5. The average molecular weight is 272 g/mol. The van der Waals surface area contributed by atoms with Gasteiger partial charge in [0.15, 0.2) is 0 Å². The number of rotatable bonds is 5. The summed E-state index contributed by atoms with van der Waals surface area (Å²) in [7, 11) is 2.14. The smallest absolute Gasteiger partial charge is 0.222 e. The molecule has 3 nitrogen and oxygen atoms in total. The van der Waals surface area contributed by atoms with Crippen LogP contribution in [0.2, 0.25) is 0 Å². The third-order valence-corrected chi connectivity index (χ3v) is 3.95. The Hall–Kier alpha value is -1.61. The number of benzene rings is 1. The highest BCUT2D eigenvalue weighted by molar-refractivity contribution is 5.76. The maximum atomic E-state index is 11.7. The van der Waals surface area contributed by atoms with Crippen LogP contribution in [0.1, 0.15) is 25.3 Å². The van der Waals surface area contributed by atoms with Crippen molar-refractivity contribution in [3.05, 3.63) is 42.0 Å². The predicted molar refractivity (Wildman–Crippen MR) is 83.4 cm³/mol. The third-order valence-electron chi connectivity index (χ3n) is 3.95. The van der Waals surface area contributed by atoms with E-state index in [1.807, 2.05) is 17.9 Å². The molecule has 0 saturated carbocycles. The van der Waals surface area contributed by atoms with E-state index in [1.54, 1.807) is 0 Å². The van der Waals surface area contributed by atoms with Crippen molar-refractivity contribution in [3.8, 4) is 0 Å². The molecule has 0 spiro atoms. The van der Waals surface area contributed by atoms with Gasteiger partial charge < -0.3 is 4.90 Å². The lowest BCUT2D eigenvalue weighted by molar-refractivity contribution is -0.129. The van der Waals surface area contributed by atoms with E-state index in [1.165, 1.54) is 5.56 Å². The first-order valence-electron chi connectivity index (χ1n) is 7.40. The minimum Gasteiger partial charge on any atom is -0.341 e. The second-order valence-electron chi connectivity index (χ2n) is 5.39. The van der Waals surface area contributed by atoms with Gasteiger partial charge >= 0.3 is 0 Å². The van der Waals surface area contributed by atoms with Gasteiger partial charge in [-0.1, -0.05) is 49.4 Å². The van der Waals surface area contributed by atoms with E-state index in [2.05, 4.69) is 48.4 Å². The number of likely N-dealkylation sites (N-methyl/N-ethyl adjacent to an activating group) is 1. The molecule has 3 heteroatoms. The maximum absolute atomic E-state index is 11.7. The Bertz CT molecular complexity index is 455. The van der Waals surface area contributed by atoms with Crippen LogP contribution in [0, 0.1) is 0 Å². The summed E-state index contributed by atoms with van der Waals surface area (Å²) in [6.07, 6.45) is 6.05. The quantitative estimate of drug-likeness (QED) is 0.822. The molecular formula is C17H24N2O. The predicted octanol–water partition coefficient (Wildman–Crippen LogP) is 2.64. The summed E-state index contributed by atoms with van der Waals surface area (Å²) in [6.45, 7) is 4.64. The highest BCUT2D eigenvalue weighted by Gasteiger charge is 2.27. The monoisotopic (exact) mass is 272 g/mol. The van der Waals surface area contributed by atoms with Crippen molar-refractivity contribution in [2.75, 3.05) is 26.7 Å². The minimum absolute atomic E-state index is 0.278. The van der Waals surface area contributed by atoms with E-state index in [0.29, 0.717) is 12.5 Å². The van der Waals surface area contributed by atoms with Crippen molar-refractivity contribution in [1.29, 1.82) is 0 Å². The lowest BCUT2D eigenvalue weighted by Crippen LogP contribution is -2.36. The molecule has 1 aromatic rings. The summed E-state index contributed by atoms with van der Waals surface area (Å²) in [5.74, 6) is 0.278. The zero-order chi connectivity index (χ0) is 14.4. The summed E-state index contributed by atoms with van der Waals surface area (Å²) >= 11 is 0. The standard InChI is InChI=1S/C17H24N2O/c1-3-17(20)19-13-11-16(14-19)18(2)12-7-10-15-8-5-4-6-9-15/h4-10,16H,3,11-14H2,1-2H3/b10-7+. The summed E-state index contributed by atoms with van der Waals surface area (Å²) in [5.41, 5.74) is 1.23. The highest BCUT2D eigenvalue weighted by Crippen LogP contribution is 2.15. The van der Waals surface area contributed by atoms with Gasteiger partial charge in [0.1, 0.15) is 0 Å². The zero-order valence-electron chi connectivity index (χ0n) is 12.5. The van der Waals surface area contributed by atoms with Crippen LogP contribution >= 0.6 is 0 Å². The molecule has 1 saturated heterocycles. The van der Waals surface area contributed by atoms with Crippen LogP contribution in [0.5, 0.6) is 0 Å². The van der Waals surface area contributed by atoms with Crippen LogP contribution in [0.15, 0.2) is 36.4 Å². The van der Waals surface area contributed by atoms with E-state index in [-0.39, 0.29) is 5.91 Å². The lowest BCUT2D eigenvalue weighted by Gasteiger charge is -2.23. The number of amides is 1. The van der Waals surface area contributed by atoms with Gasteiger partial charge in [-0.05, 0) is 19.0 Å². The topological polar surface area (TPSA) is 23.6 Å². The number of carbonyl (C=O) groups excluding carboxylic acids is 1. The minimum atomic E-state index is 0.278. The van der Waals surface area contributed by atoms with Gasteiger partial charge in [-0.15, -0.1) is 0 Å². The summed E-state index contributed by atoms with van der Waals surface area (Å²) in [4.78, 5) is 16.0. The van der Waals surface area contributed by atoms with Gasteiger partial charge in [0.2, 0.25) is 5.91 Å². The first kappa shape index (κ1) is 14.8. The second-order valence-corrected chi connectivity index (χ2v) is 5.39. The van der Waals surface area contributed by atoms with E-state index in [9.17, 15) is 4.79 Å². The first-order valence-corrected chi connectivity index (χ1v) is 7.40. The summed E-state index contributed by atoms with van der Waals surface area (Å²) < 4.78 is 0. The first-order chi connectivity index (χ1) is 9.70. The molecule has 0 aliphatic carbocycles. The van der Waals surface area contributed by atoms with Crippen molar-refractivity contribution in [1.82, 2.24) is 9.80 Å². The molecule has 1 amide bonds. The highest BCUT2D eigenvalue weighted by atomic mass is 16.2. The van der Waals surface area contributed by atoms with Crippen molar-refractivity contribution < 1.29 is 4.79 Å². The number of likely N-dealkylation sites (tertiary alicyclic amines) is 1. The molecule has 1 unspecified atom stereocenters. The van der Waals surface area contributed by atoms with Gasteiger partial charge in [-0.2, -0.15) is 0 Å². The van der Waals surface area contributed by atoms with Gasteiger partial charge in [0, 0.05) is 32.1 Å². The largest absolute Gasteiger partial charge is 0.341 e. The molecule has 1 aromatic carbocycles. The molecule has 2 rings (SSSR count). The molecule has 1 aliphatic heterocycles. The molecule has 1 aliphatic rings. The molecule has 1 heterocycles. The van der Waals surface area contributed by atoms with Crippen LogP contribution in [-0.2, 0) is 4.79 Å². The molecule has 0 aromatic heterocycles. The number of carbonyl (C=O) groups is 1. The van der Waals surface area contributed by atoms with E-state index < -0.39 is 0 Å². The van der Waals surface area contributed by atoms with E-state index in [0.717, 1.165) is 26.1 Å². The van der Waals surface area contributed by atoms with Gasteiger partial charge in [-0.25, -0.2) is 0 Å². The van der Waals surface area contributed by atoms with Crippen LogP contribution in [0.25, 0.3) is 6.08 Å². The molecule has 0 N–H and O–H groups in total. The molecule has 108 valence electrons. The van der Waals surface area contributed by atoms with Gasteiger partial charge in [-0.3, -0.25) is 9.69 Å². The molecule has 0 radical (unpaired) electrons. The van der Waals surface area contributed by atoms with Crippen molar-refractivity contribution in [3.63, 3.8) is 0 Å². The molecular weight excluding hydrogens is 248 g/mol. The fourth-order valence-electron chi connectivity index (χ4n) is 2.62. The second kappa shape index (κ2) is 7.25. The van der Waals surface area contributed by atoms with Crippen molar-refractivity contribution in [2.24, 2.45) is 0 Å². The van der Waals surface area contributed by atoms with E-state index in [4.69, 9.17) is 0 Å². The van der Waals surface area contributed by atoms with Gasteiger partial charge in [0.25, 0.3) is 0 Å². The summed E-state index contributed by atoms with van der Waals surface area (Å²) in [6, 6.07) is 10.8. The van der Waals surface area contributed by atoms with E-state index >= 15 is 0 Å². The van der Waals surface area contributed by atoms with Crippen molar-refractivity contribution >= 4 is 12.0 Å². The molecule has 0 bridgehead atoms. The van der Waals surface area contributed by atoms with Crippen LogP contribution in [0.3, 0.4) is 0 Å². The Morgan fingerprint density at radius 3 is 2.85 bits per heavy atom. The molecule has 1 atom stereocenters. The number of hydrogen-bond donors (Lipinski definition) is 0. The number of hydrogen-bond acceptors (Lipinski definition) is 2. The number of nitrogens with zero attached hydrogens (tertiary/aromatic N) is 2. The maximum Gasteiger partial charge on any atom is 0.222 e. The molecule has 20 heavy (non-hydrogen) atoms. The van der Waals surface area contributed by atoms with Gasteiger partial charge in [0.05, 0.1) is 0 Å². The molecule has 1 fully saturated rings. The Balaban J connectivity index is 1.80. The lowest BCUT2D eigenvalue weighted by atomic mass is 10.2. The van der Waals surface area contributed by atoms with Crippen LogP contribution in [0.4, 0.5) is 0 Å². The Morgan fingerprint density at radius 2 is 2.15 bits per heavy atom. The fraction of sp³-hybridized carbons (Fsp3) is 0.471. The third kappa shape index (κ3) is 3.94.